The van der Waals surface area contributed by atoms with Gasteiger partial charge in [-0.3, -0.25) is 0 Å². The van der Waals surface area contributed by atoms with E-state index in [1.54, 1.807) is 38.4 Å². The van der Waals surface area contributed by atoms with Crippen molar-refractivity contribution in [2.75, 3.05) is 14.2 Å². The Bertz CT molecular complexity index is 634. The van der Waals surface area contributed by atoms with Gasteiger partial charge in [-0.05, 0) is 43.3 Å². The van der Waals surface area contributed by atoms with Crippen LogP contribution in [0.2, 0.25) is 5.02 Å². The van der Waals surface area contributed by atoms with Crippen molar-refractivity contribution in [1.82, 2.24) is 5.32 Å². The summed E-state index contributed by atoms with van der Waals surface area (Å²) in [4.78, 5) is 0. The summed E-state index contributed by atoms with van der Waals surface area (Å²) in [6.45, 7) is 0. The number of hydrogen-bond donors (Lipinski definition) is 1. The maximum atomic E-state index is 13.9. The molecule has 0 aliphatic rings. The highest BCUT2D eigenvalue weighted by Gasteiger charge is 2.19. The standard InChI is InChI=1S/C16H16ClF2NO/c1-20-14(12-4-3-5-13(18)16(12)19)9-10-8-11(17)6-7-15(10)21-2/h3-8,14,20H,9H2,1-2H3. The second-order valence-electron chi connectivity index (χ2n) is 4.64. The molecule has 0 aliphatic carbocycles. The normalized spacial score (nSPS) is 12.2. The minimum atomic E-state index is -0.856. The Morgan fingerprint density at radius 1 is 1.24 bits per heavy atom. The highest BCUT2D eigenvalue weighted by molar-refractivity contribution is 6.30. The number of benzene rings is 2. The number of methoxy groups -OCH3 is 1. The molecule has 21 heavy (non-hydrogen) atoms. The molecular weight excluding hydrogens is 296 g/mol. The second kappa shape index (κ2) is 6.87. The SMILES string of the molecule is CNC(Cc1cc(Cl)ccc1OC)c1cccc(F)c1F. The van der Waals surface area contributed by atoms with Crippen LogP contribution in [0.3, 0.4) is 0 Å². The third-order valence-electron chi connectivity index (χ3n) is 3.37. The van der Waals surface area contributed by atoms with Crippen LogP contribution in [0.25, 0.3) is 0 Å². The third-order valence-corrected chi connectivity index (χ3v) is 3.61. The van der Waals surface area contributed by atoms with E-state index in [9.17, 15) is 8.78 Å². The zero-order valence-electron chi connectivity index (χ0n) is 11.8. The number of rotatable bonds is 5. The molecule has 0 bridgehead atoms. The van der Waals surface area contributed by atoms with Gasteiger partial charge in [0.1, 0.15) is 5.75 Å². The van der Waals surface area contributed by atoms with Gasteiger partial charge < -0.3 is 10.1 Å². The fourth-order valence-electron chi connectivity index (χ4n) is 2.28. The fraction of sp³-hybridized carbons (Fsp3) is 0.250. The lowest BCUT2D eigenvalue weighted by molar-refractivity contribution is 0.405. The van der Waals surface area contributed by atoms with E-state index in [2.05, 4.69) is 5.32 Å². The Hall–Kier alpha value is -1.65. The van der Waals surface area contributed by atoms with Gasteiger partial charge in [-0.1, -0.05) is 23.7 Å². The molecule has 0 fully saturated rings. The van der Waals surface area contributed by atoms with Crippen molar-refractivity contribution in [2.45, 2.75) is 12.5 Å². The maximum Gasteiger partial charge on any atom is 0.163 e. The molecule has 0 spiro atoms. The van der Waals surface area contributed by atoms with E-state index in [1.165, 1.54) is 6.07 Å². The zero-order valence-corrected chi connectivity index (χ0v) is 12.5. The predicted molar refractivity (Wildman–Crippen MR) is 79.9 cm³/mol. The van der Waals surface area contributed by atoms with Crippen LogP contribution in [-0.2, 0) is 6.42 Å². The molecule has 112 valence electrons. The summed E-state index contributed by atoms with van der Waals surface area (Å²) in [7, 11) is 3.26. The third kappa shape index (κ3) is 3.52. The number of likely N-dealkylation sites (N-methyl/N-ethyl adjacent to an activating group) is 1. The summed E-state index contributed by atoms with van der Waals surface area (Å²) in [5, 5.41) is 3.57. The van der Waals surface area contributed by atoms with Crippen molar-refractivity contribution >= 4 is 11.6 Å². The molecule has 2 aromatic carbocycles. The van der Waals surface area contributed by atoms with Crippen molar-refractivity contribution in [3.05, 3.63) is 64.2 Å². The molecule has 1 atom stereocenters. The van der Waals surface area contributed by atoms with Gasteiger partial charge in [-0.2, -0.15) is 0 Å². The quantitative estimate of drug-likeness (QED) is 0.896. The monoisotopic (exact) mass is 311 g/mol. The molecule has 0 amide bonds. The molecule has 0 aromatic heterocycles. The van der Waals surface area contributed by atoms with Gasteiger partial charge in [0.15, 0.2) is 11.6 Å². The smallest absolute Gasteiger partial charge is 0.163 e. The predicted octanol–water partition coefficient (Wildman–Crippen LogP) is 4.13. The molecule has 2 aromatic rings. The van der Waals surface area contributed by atoms with E-state index >= 15 is 0 Å². The van der Waals surface area contributed by atoms with Crippen LogP contribution in [-0.4, -0.2) is 14.2 Å². The molecule has 1 unspecified atom stereocenters. The van der Waals surface area contributed by atoms with Gasteiger partial charge in [0, 0.05) is 16.6 Å². The maximum absolute atomic E-state index is 13.9. The first-order valence-electron chi connectivity index (χ1n) is 6.50. The molecule has 0 saturated heterocycles. The van der Waals surface area contributed by atoms with Crippen LogP contribution in [0.1, 0.15) is 17.2 Å². The summed E-state index contributed by atoms with van der Waals surface area (Å²) in [6, 6.07) is 9.03. The largest absolute Gasteiger partial charge is 0.496 e. The first kappa shape index (κ1) is 15.7. The molecule has 0 aliphatic heterocycles. The van der Waals surface area contributed by atoms with Gasteiger partial charge in [0.05, 0.1) is 7.11 Å². The average Bonchev–Trinajstić information content (AvgIpc) is 2.48. The first-order chi connectivity index (χ1) is 10.1. The molecule has 5 heteroatoms. The number of hydrogen-bond acceptors (Lipinski definition) is 2. The van der Waals surface area contributed by atoms with E-state index in [0.717, 1.165) is 11.6 Å². The van der Waals surface area contributed by atoms with E-state index < -0.39 is 11.6 Å². The molecule has 0 saturated carbocycles. The number of nitrogens with one attached hydrogen (secondary N) is 1. The minimum Gasteiger partial charge on any atom is -0.496 e. The Morgan fingerprint density at radius 3 is 2.67 bits per heavy atom. The van der Waals surface area contributed by atoms with Gasteiger partial charge in [-0.25, -0.2) is 8.78 Å². The molecule has 0 heterocycles. The molecule has 2 nitrogen and oxygen atoms in total. The van der Waals surface area contributed by atoms with E-state index in [0.29, 0.717) is 17.2 Å². The highest BCUT2D eigenvalue weighted by atomic mass is 35.5. The Kier molecular flexibility index (Phi) is 5.15. The highest BCUT2D eigenvalue weighted by Crippen LogP contribution is 2.29. The lowest BCUT2D eigenvalue weighted by Crippen LogP contribution is -2.20. The van der Waals surface area contributed by atoms with Gasteiger partial charge in [0.2, 0.25) is 0 Å². The summed E-state index contributed by atoms with van der Waals surface area (Å²) in [5.41, 5.74) is 1.10. The van der Waals surface area contributed by atoms with Gasteiger partial charge in [-0.15, -0.1) is 0 Å². The van der Waals surface area contributed by atoms with E-state index in [1.807, 2.05) is 0 Å². The van der Waals surface area contributed by atoms with Crippen LogP contribution in [0.5, 0.6) is 5.75 Å². The van der Waals surface area contributed by atoms with Gasteiger partial charge >= 0.3 is 0 Å². The topological polar surface area (TPSA) is 21.3 Å². The van der Waals surface area contributed by atoms with Crippen molar-refractivity contribution < 1.29 is 13.5 Å². The van der Waals surface area contributed by atoms with Crippen molar-refractivity contribution in [1.29, 1.82) is 0 Å². The van der Waals surface area contributed by atoms with Gasteiger partial charge in [0.25, 0.3) is 0 Å². The van der Waals surface area contributed by atoms with E-state index in [4.69, 9.17) is 16.3 Å². The fourth-order valence-corrected chi connectivity index (χ4v) is 2.48. The van der Waals surface area contributed by atoms with Crippen LogP contribution in [0.4, 0.5) is 8.78 Å². The Labute approximate surface area is 127 Å². The van der Waals surface area contributed by atoms with Crippen LogP contribution < -0.4 is 10.1 Å². The summed E-state index contributed by atoms with van der Waals surface area (Å²) >= 11 is 5.99. The van der Waals surface area contributed by atoms with Crippen molar-refractivity contribution in [3.8, 4) is 5.75 Å². The van der Waals surface area contributed by atoms with Crippen molar-refractivity contribution in [3.63, 3.8) is 0 Å². The molecule has 1 N–H and O–H groups in total. The van der Waals surface area contributed by atoms with Crippen LogP contribution in [0.15, 0.2) is 36.4 Å². The lowest BCUT2D eigenvalue weighted by Gasteiger charge is -2.19. The lowest BCUT2D eigenvalue weighted by atomic mass is 9.97. The molecule has 2 rings (SSSR count). The summed E-state index contributed by atoms with van der Waals surface area (Å²) < 4.78 is 32.6. The van der Waals surface area contributed by atoms with E-state index in [-0.39, 0.29) is 11.6 Å². The average molecular weight is 312 g/mol. The Morgan fingerprint density at radius 2 is 2.00 bits per heavy atom. The minimum absolute atomic E-state index is 0.277. The van der Waals surface area contributed by atoms with Crippen molar-refractivity contribution in [2.24, 2.45) is 0 Å². The Balaban J connectivity index is 2.35. The first-order valence-corrected chi connectivity index (χ1v) is 6.88. The number of halogens is 3. The summed E-state index contributed by atoms with van der Waals surface area (Å²) in [5.74, 6) is -1.03. The molecule has 0 radical (unpaired) electrons. The second-order valence-corrected chi connectivity index (χ2v) is 5.08. The molecular formula is C16H16ClF2NO. The van der Waals surface area contributed by atoms with Crippen LogP contribution in [0, 0.1) is 11.6 Å². The van der Waals surface area contributed by atoms with Crippen LogP contribution >= 0.6 is 11.6 Å². The zero-order chi connectivity index (χ0) is 15.4. The summed E-state index contributed by atoms with van der Waals surface area (Å²) in [6.07, 6.45) is 0.431. The number of ether oxygens (including phenoxy) is 1.